The summed E-state index contributed by atoms with van der Waals surface area (Å²) in [5.74, 6) is 0. The van der Waals surface area contributed by atoms with Crippen LogP contribution < -0.4 is 4.90 Å². The lowest BCUT2D eigenvalue weighted by atomic mass is 9.90. The fraction of sp³-hybridized carbons (Fsp3) is 0. The van der Waals surface area contributed by atoms with Crippen molar-refractivity contribution in [2.45, 2.75) is 0 Å². The van der Waals surface area contributed by atoms with E-state index < -0.39 is 0 Å². The van der Waals surface area contributed by atoms with Crippen molar-refractivity contribution in [2.24, 2.45) is 0 Å². The van der Waals surface area contributed by atoms with Crippen LogP contribution in [0.1, 0.15) is 0 Å². The summed E-state index contributed by atoms with van der Waals surface area (Å²) in [4.78, 5) is 2.38. The van der Waals surface area contributed by atoms with E-state index >= 15 is 0 Å². The topological polar surface area (TPSA) is 29.5 Å². The molecule has 0 atom stereocenters. The molecular weight excluding hydrogens is 719 g/mol. The van der Waals surface area contributed by atoms with E-state index in [1.165, 1.54) is 21.5 Å². The number of hydrogen-bond acceptors (Lipinski definition) is 3. The van der Waals surface area contributed by atoms with Crippen LogP contribution in [-0.2, 0) is 0 Å². The van der Waals surface area contributed by atoms with Crippen molar-refractivity contribution in [3.8, 4) is 33.4 Å². The number of para-hydroxylation sites is 3. The molecular formula is C56H35NO2. The third-order valence-electron chi connectivity index (χ3n) is 11.8. The minimum Gasteiger partial charge on any atom is -0.456 e. The van der Waals surface area contributed by atoms with Gasteiger partial charge in [0, 0.05) is 38.3 Å². The standard InChI is InChI=1S/C56H35NO2/c1-2-14-43(15-3-1)57(44-25-22-36-12-4-5-13-37(36)33-44)52-29-28-45(46-16-6-7-17-47(46)52)42-31-40(38-23-26-50-48-18-8-10-20-53(48)58-55(50)34-38)30-41(32-42)39-24-27-51-49-19-9-11-21-54(49)59-56(51)35-39/h1-35H. The molecule has 12 rings (SSSR count). The van der Waals surface area contributed by atoms with Gasteiger partial charge in [-0.25, -0.2) is 0 Å². The van der Waals surface area contributed by atoms with E-state index in [-0.39, 0.29) is 0 Å². The molecule has 0 aliphatic carbocycles. The molecule has 2 aromatic heterocycles. The van der Waals surface area contributed by atoms with Gasteiger partial charge in [-0.1, -0.05) is 127 Å². The average molecular weight is 754 g/mol. The van der Waals surface area contributed by atoms with E-state index in [9.17, 15) is 0 Å². The predicted octanol–water partition coefficient (Wildman–Crippen LogP) is 16.3. The third kappa shape index (κ3) is 5.59. The summed E-state index contributed by atoms with van der Waals surface area (Å²) in [6.07, 6.45) is 0. The molecule has 3 nitrogen and oxygen atoms in total. The zero-order valence-electron chi connectivity index (χ0n) is 32.0. The van der Waals surface area contributed by atoms with Gasteiger partial charge >= 0.3 is 0 Å². The van der Waals surface area contributed by atoms with E-state index in [4.69, 9.17) is 8.83 Å². The molecule has 0 aliphatic heterocycles. The Morgan fingerprint density at radius 2 is 0.797 bits per heavy atom. The summed E-state index contributed by atoms with van der Waals surface area (Å²) in [7, 11) is 0. The van der Waals surface area contributed by atoms with Crippen molar-refractivity contribution in [3.05, 3.63) is 212 Å². The molecule has 0 fully saturated rings. The lowest BCUT2D eigenvalue weighted by Gasteiger charge is -2.28. The normalized spacial score (nSPS) is 11.7. The molecule has 3 heteroatoms. The van der Waals surface area contributed by atoms with Gasteiger partial charge in [-0.05, 0) is 134 Å². The summed E-state index contributed by atoms with van der Waals surface area (Å²) in [6.45, 7) is 0. The first-order chi connectivity index (χ1) is 29.2. The van der Waals surface area contributed by atoms with E-state index in [0.717, 1.165) is 94.3 Å². The van der Waals surface area contributed by atoms with Gasteiger partial charge in [0.1, 0.15) is 22.3 Å². The fourth-order valence-corrected chi connectivity index (χ4v) is 8.98. The highest BCUT2D eigenvalue weighted by molar-refractivity contribution is 6.09. The van der Waals surface area contributed by atoms with Crippen LogP contribution in [0.2, 0.25) is 0 Å². The van der Waals surface area contributed by atoms with Gasteiger partial charge in [0.15, 0.2) is 0 Å². The van der Waals surface area contributed by atoms with Crippen LogP contribution in [0.5, 0.6) is 0 Å². The molecule has 0 N–H and O–H groups in total. The van der Waals surface area contributed by atoms with Crippen LogP contribution in [0.3, 0.4) is 0 Å². The number of nitrogens with zero attached hydrogens (tertiary/aromatic N) is 1. The van der Waals surface area contributed by atoms with Crippen LogP contribution in [0.25, 0.3) is 98.8 Å². The van der Waals surface area contributed by atoms with Crippen molar-refractivity contribution >= 4 is 82.5 Å². The lowest BCUT2D eigenvalue weighted by molar-refractivity contribution is 0.668. The minimum absolute atomic E-state index is 0.879. The molecule has 0 saturated carbocycles. The number of furan rings is 2. The molecule has 276 valence electrons. The molecule has 0 radical (unpaired) electrons. The predicted molar refractivity (Wildman–Crippen MR) is 247 cm³/mol. The molecule has 2 heterocycles. The Morgan fingerprint density at radius 1 is 0.271 bits per heavy atom. The summed E-state index contributed by atoms with van der Waals surface area (Å²) in [6, 6.07) is 76.0. The van der Waals surface area contributed by atoms with Gasteiger partial charge in [0.05, 0.1) is 5.69 Å². The number of anilines is 3. The molecule has 0 spiro atoms. The van der Waals surface area contributed by atoms with Crippen LogP contribution in [-0.4, -0.2) is 0 Å². The number of rotatable bonds is 6. The maximum Gasteiger partial charge on any atom is 0.136 e. The SMILES string of the molecule is c1ccc(N(c2ccc3ccccc3c2)c2ccc(-c3cc(-c4ccc5c(c4)oc4ccccc45)cc(-c4ccc5c(c4)oc4ccccc45)c3)c3ccccc23)cc1. The summed E-state index contributed by atoms with van der Waals surface area (Å²) in [5, 5.41) is 9.26. The van der Waals surface area contributed by atoms with E-state index in [1.54, 1.807) is 0 Å². The molecule has 12 aromatic rings. The second-order valence-electron chi connectivity index (χ2n) is 15.3. The Hall–Kier alpha value is -7.88. The smallest absolute Gasteiger partial charge is 0.136 e. The van der Waals surface area contributed by atoms with Gasteiger partial charge in [-0.3, -0.25) is 0 Å². The minimum atomic E-state index is 0.879. The van der Waals surface area contributed by atoms with E-state index in [1.807, 2.05) is 24.3 Å². The zero-order chi connectivity index (χ0) is 38.9. The zero-order valence-corrected chi connectivity index (χ0v) is 32.0. The quantitative estimate of drug-likeness (QED) is 0.169. The first-order valence-electron chi connectivity index (χ1n) is 20.1. The maximum atomic E-state index is 6.39. The molecule has 59 heavy (non-hydrogen) atoms. The van der Waals surface area contributed by atoms with E-state index in [0.29, 0.717) is 0 Å². The highest BCUT2D eigenvalue weighted by Gasteiger charge is 2.19. The second kappa shape index (κ2) is 13.4. The molecule has 0 aliphatic rings. The third-order valence-corrected chi connectivity index (χ3v) is 11.8. The molecule has 10 aromatic carbocycles. The van der Waals surface area contributed by atoms with Gasteiger partial charge in [0.25, 0.3) is 0 Å². The Labute approximate surface area is 340 Å². The van der Waals surface area contributed by atoms with Gasteiger partial charge in [-0.2, -0.15) is 0 Å². The maximum absolute atomic E-state index is 6.39. The first-order valence-corrected chi connectivity index (χ1v) is 20.1. The number of hydrogen-bond donors (Lipinski definition) is 0. The summed E-state index contributed by atoms with van der Waals surface area (Å²) < 4.78 is 12.8. The van der Waals surface area contributed by atoms with Crippen molar-refractivity contribution in [3.63, 3.8) is 0 Å². The first kappa shape index (κ1) is 33.3. The summed E-state index contributed by atoms with van der Waals surface area (Å²) >= 11 is 0. The van der Waals surface area contributed by atoms with Crippen LogP contribution in [0.15, 0.2) is 221 Å². The summed E-state index contributed by atoms with van der Waals surface area (Å²) in [5.41, 5.74) is 13.6. The number of benzene rings is 10. The molecule has 0 bridgehead atoms. The largest absolute Gasteiger partial charge is 0.456 e. The Morgan fingerprint density at radius 3 is 1.46 bits per heavy atom. The Balaban J connectivity index is 1.06. The Bertz CT molecular complexity index is 3440. The lowest BCUT2D eigenvalue weighted by Crippen LogP contribution is -2.10. The second-order valence-corrected chi connectivity index (χ2v) is 15.3. The molecule has 0 unspecified atom stereocenters. The number of fused-ring (bicyclic) bond motifs is 8. The van der Waals surface area contributed by atoms with E-state index in [2.05, 4.69) is 193 Å². The molecule has 0 amide bonds. The Kier molecular flexibility index (Phi) is 7.54. The fourth-order valence-electron chi connectivity index (χ4n) is 8.98. The van der Waals surface area contributed by atoms with Crippen molar-refractivity contribution in [2.75, 3.05) is 4.90 Å². The van der Waals surface area contributed by atoms with Gasteiger partial charge < -0.3 is 13.7 Å². The highest BCUT2D eigenvalue weighted by atomic mass is 16.3. The van der Waals surface area contributed by atoms with Crippen molar-refractivity contribution in [1.82, 2.24) is 0 Å². The monoisotopic (exact) mass is 753 g/mol. The van der Waals surface area contributed by atoms with Gasteiger partial charge in [0.2, 0.25) is 0 Å². The van der Waals surface area contributed by atoms with Gasteiger partial charge in [-0.15, -0.1) is 0 Å². The van der Waals surface area contributed by atoms with Crippen LogP contribution >= 0.6 is 0 Å². The highest BCUT2D eigenvalue weighted by Crippen LogP contribution is 2.44. The molecule has 0 saturated heterocycles. The van der Waals surface area contributed by atoms with Crippen molar-refractivity contribution in [1.29, 1.82) is 0 Å². The van der Waals surface area contributed by atoms with Crippen molar-refractivity contribution < 1.29 is 8.83 Å². The average Bonchev–Trinajstić information content (AvgIpc) is 3.87. The van der Waals surface area contributed by atoms with Crippen LogP contribution in [0, 0.1) is 0 Å². The van der Waals surface area contributed by atoms with Crippen LogP contribution in [0.4, 0.5) is 17.1 Å².